The number of aromatic nitrogens is 4. The molecular weight excluding hydrogens is 246 g/mol. The molecule has 0 atom stereocenters. The van der Waals surface area contributed by atoms with Crippen LogP contribution in [0.15, 0.2) is 6.07 Å². The molecule has 17 heavy (non-hydrogen) atoms. The smallest absolute Gasteiger partial charge is 0.325 e. The normalized spacial score (nSPS) is 10.5. The molecule has 0 saturated carbocycles. The summed E-state index contributed by atoms with van der Waals surface area (Å²) in [5.74, 6) is 0.0927. The minimum Gasteiger partial charge on any atom is -0.465 e. The van der Waals surface area contributed by atoms with Gasteiger partial charge in [0.25, 0.3) is 0 Å². The van der Waals surface area contributed by atoms with Crippen molar-refractivity contribution in [3.8, 4) is 0 Å². The van der Waals surface area contributed by atoms with E-state index >= 15 is 0 Å². The number of anilines is 1. The van der Waals surface area contributed by atoms with E-state index in [0.29, 0.717) is 28.6 Å². The van der Waals surface area contributed by atoms with Gasteiger partial charge < -0.3 is 10.1 Å². The molecular formula is C9H10ClN5O2. The molecule has 8 heteroatoms. The van der Waals surface area contributed by atoms with Gasteiger partial charge in [-0.2, -0.15) is 10.3 Å². The van der Waals surface area contributed by atoms with Gasteiger partial charge in [-0.15, -0.1) is 5.10 Å². The lowest BCUT2D eigenvalue weighted by molar-refractivity contribution is -0.140. The summed E-state index contributed by atoms with van der Waals surface area (Å²) in [5, 5.41) is 13.3. The van der Waals surface area contributed by atoms with Crippen LogP contribution in [0.4, 0.5) is 5.82 Å². The number of ether oxygens (including phenoxy) is 1. The average molecular weight is 256 g/mol. The van der Waals surface area contributed by atoms with E-state index in [4.69, 9.17) is 16.3 Å². The lowest BCUT2D eigenvalue weighted by Crippen LogP contribution is -2.17. The second kappa shape index (κ2) is 4.96. The average Bonchev–Trinajstić information content (AvgIpc) is 2.75. The number of carbonyl (C=O) groups excluding carboxylic acids is 1. The van der Waals surface area contributed by atoms with Gasteiger partial charge in [0.15, 0.2) is 5.52 Å². The Bertz CT molecular complexity index is 541. The number of halogens is 1. The molecule has 2 aromatic rings. The first kappa shape index (κ1) is 11.6. The third kappa shape index (κ3) is 2.62. The molecule has 0 aliphatic heterocycles. The van der Waals surface area contributed by atoms with Crippen molar-refractivity contribution in [1.82, 2.24) is 20.4 Å². The van der Waals surface area contributed by atoms with Crippen molar-refractivity contribution in [1.29, 1.82) is 0 Å². The molecule has 0 aliphatic carbocycles. The quantitative estimate of drug-likeness (QED) is 0.791. The van der Waals surface area contributed by atoms with Gasteiger partial charge in [-0.1, -0.05) is 11.6 Å². The highest BCUT2D eigenvalue weighted by Crippen LogP contribution is 2.21. The molecule has 0 saturated heterocycles. The summed E-state index contributed by atoms with van der Waals surface area (Å²) in [5.41, 5.74) is 0.886. The summed E-state index contributed by atoms with van der Waals surface area (Å²) >= 11 is 5.96. The van der Waals surface area contributed by atoms with E-state index in [1.54, 1.807) is 13.0 Å². The van der Waals surface area contributed by atoms with Gasteiger partial charge in [0.1, 0.15) is 12.4 Å². The first-order valence-corrected chi connectivity index (χ1v) is 5.35. The number of fused-ring (bicyclic) bond motifs is 1. The topological polar surface area (TPSA) is 92.8 Å². The van der Waals surface area contributed by atoms with Gasteiger partial charge in [-0.25, -0.2) is 4.98 Å². The van der Waals surface area contributed by atoms with Crippen LogP contribution < -0.4 is 5.32 Å². The summed E-state index contributed by atoms with van der Waals surface area (Å²) < 4.78 is 4.77. The maximum absolute atomic E-state index is 11.1. The highest BCUT2D eigenvalue weighted by atomic mass is 35.5. The molecule has 0 bridgehead atoms. The highest BCUT2D eigenvalue weighted by Gasteiger charge is 2.08. The van der Waals surface area contributed by atoms with E-state index in [-0.39, 0.29) is 12.5 Å². The number of hydrogen-bond donors (Lipinski definition) is 2. The second-order valence-corrected chi connectivity index (χ2v) is 3.55. The van der Waals surface area contributed by atoms with Crippen molar-refractivity contribution in [2.24, 2.45) is 0 Å². The van der Waals surface area contributed by atoms with Crippen molar-refractivity contribution in [2.75, 3.05) is 18.5 Å². The zero-order chi connectivity index (χ0) is 12.3. The fourth-order valence-electron chi connectivity index (χ4n) is 1.26. The maximum Gasteiger partial charge on any atom is 0.325 e. The van der Waals surface area contributed by atoms with Crippen molar-refractivity contribution < 1.29 is 9.53 Å². The van der Waals surface area contributed by atoms with Crippen LogP contribution >= 0.6 is 11.6 Å². The number of esters is 1. The number of aromatic amines is 1. The Morgan fingerprint density at radius 1 is 1.59 bits per heavy atom. The van der Waals surface area contributed by atoms with Crippen LogP contribution in [0.2, 0.25) is 5.02 Å². The van der Waals surface area contributed by atoms with Gasteiger partial charge in [-0.3, -0.25) is 4.79 Å². The third-order valence-corrected chi connectivity index (χ3v) is 2.25. The molecule has 7 nitrogen and oxygen atoms in total. The second-order valence-electron chi connectivity index (χ2n) is 3.14. The first-order chi connectivity index (χ1) is 8.20. The van der Waals surface area contributed by atoms with E-state index in [2.05, 4.69) is 25.7 Å². The molecule has 2 heterocycles. The predicted octanol–water partition coefficient (Wildman–Crippen LogP) is 0.981. The SMILES string of the molecule is CCOC(=O)CNc1cc(Cl)c2n[nH]nc2n1. The fourth-order valence-corrected chi connectivity index (χ4v) is 1.49. The third-order valence-electron chi connectivity index (χ3n) is 1.96. The molecule has 0 amide bonds. The van der Waals surface area contributed by atoms with Gasteiger partial charge >= 0.3 is 5.97 Å². The van der Waals surface area contributed by atoms with Crippen LogP contribution in [0.5, 0.6) is 0 Å². The molecule has 2 N–H and O–H groups in total. The standard InChI is InChI=1S/C9H10ClN5O2/c1-2-17-7(16)4-11-6-3-5(10)8-9(12-6)14-15-13-8/h3H,2,4H2,1H3,(H2,11,12,13,14,15). The van der Waals surface area contributed by atoms with Gasteiger partial charge in [-0.05, 0) is 6.92 Å². The molecule has 0 aliphatic rings. The molecule has 2 aromatic heterocycles. The number of nitrogens with one attached hydrogen (secondary N) is 2. The summed E-state index contributed by atoms with van der Waals surface area (Å²) in [6.07, 6.45) is 0. The van der Waals surface area contributed by atoms with E-state index in [0.717, 1.165) is 0 Å². The number of hydrogen-bond acceptors (Lipinski definition) is 6. The van der Waals surface area contributed by atoms with Crippen molar-refractivity contribution in [2.45, 2.75) is 6.92 Å². The Balaban J connectivity index is 2.11. The Morgan fingerprint density at radius 2 is 2.41 bits per heavy atom. The zero-order valence-corrected chi connectivity index (χ0v) is 9.78. The summed E-state index contributed by atoms with van der Waals surface area (Å²) in [7, 11) is 0. The molecule has 0 radical (unpaired) electrons. The number of H-pyrrole nitrogens is 1. The summed E-state index contributed by atoms with van der Waals surface area (Å²) in [6.45, 7) is 2.12. The van der Waals surface area contributed by atoms with Gasteiger partial charge in [0.2, 0.25) is 5.65 Å². The predicted molar refractivity (Wildman–Crippen MR) is 61.8 cm³/mol. The van der Waals surface area contributed by atoms with Crippen LogP contribution in [0.3, 0.4) is 0 Å². The zero-order valence-electron chi connectivity index (χ0n) is 9.03. The molecule has 2 rings (SSSR count). The van der Waals surface area contributed by atoms with Crippen molar-refractivity contribution >= 4 is 34.6 Å². The molecule has 0 aromatic carbocycles. The molecule has 0 spiro atoms. The minimum atomic E-state index is -0.356. The Morgan fingerprint density at radius 3 is 3.18 bits per heavy atom. The highest BCUT2D eigenvalue weighted by molar-refractivity contribution is 6.34. The van der Waals surface area contributed by atoms with Crippen LogP contribution in [0.1, 0.15) is 6.92 Å². The fraction of sp³-hybridized carbons (Fsp3) is 0.333. The van der Waals surface area contributed by atoms with E-state index in [9.17, 15) is 4.79 Å². The Hall–Kier alpha value is -1.89. The number of nitrogens with zero attached hydrogens (tertiary/aromatic N) is 3. The Kier molecular flexibility index (Phi) is 3.38. The summed E-state index contributed by atoms with van der Waals surface area (Å²) in [4.78, 5) is 15.3. The molecule has 0 unspecified atom stereocenters. The minimum absolute atomic E-state index is 0.0283. The van der Waals surface area contributed by atoms with Gasteiger partial charge in [0, 0.05) is 6.07 Å². The largest absolute Gasteiger partial charge is 0.465 e. The monoisotopic (exact) mass is 255 g/mol. The van der Waals surface area contributed by atoms with Crippen LogP contribution in [0, 0.1) is 0 Å². The van der Waals surface area contributed by atoms with Crippen LogP contribution in [-0.2, 0) is 9.53 Å². The lowest BCUT2D eigenvalue weighted by Gasteiger charge is -2.05. The van der Waals surface area contributed by atoms with Crippen LogP contribution in [-0.4, -0.2) is 39.5 Å². The van der Waals surface area contributed by atoms with Crippen molar-refractivity contribution in [3.05, 3.63) is 11.1 Å². The molecule has 0 fully saturated rings. The van der Waals surface area contributed by atoms with E-state index in [1.807, 2.05) is 0 Å². The van der Waals surface area contributed by atoms with Crippen molar-refractivity contribution in [3.63, 3.8) is 0 Å². The van der Waals surface area contributed by atoms with E-state index < -0.39 is 0 Å². The number of pyridine rings is 1. The lowest BCUT2D eigenvalue weighted by atomic mass is 10.4. The number of rotatable bonds is 4. The van der Waals surface area contributed by atoms with Crippen LogP contribution in [0.25, 0.3) is 11.2 Å². The molecule has 90 valence electrons. The van der Waals surface area contributed by atoms with Gasteiger partial charge in [0.05, 0.1) is 11.6 Å². The Labute approximate surface area is 102 Å². The first-order valence-electron chi connectivity index (χ1n) is 4.97. The van der Waals surface area contributed by atoms with E-state index in [1.165, 1.54) is 0 Å². The maximum atomic E-state index is 11.1. The summed E-state index contributed by atoms with van der Waals surface area (Å²) in [6, 6.07) is 1.58. The number of carbonyl (C=O) groups is 1.